The largest absolute Gasteiger partial charge is 0.393 e. The van der Waals surface area contributed by atoms with E-state index < -0.39 is 0 Å². The minimum absolute atomic E-state index is 0.122. The van der Waals surface area contributed by atoms with E-state index in [9.17, 15) is 9.90 Å². The number of H-pyrrole nitrogens is 1. The number of carbonyl (C=O) groups is 1. The van der Waals surface area contributed by atoms with Gasteiger partial charge in [-0.05, 0) is 48.9 Å². The molecule has 6 N–H and O–H groups in total. The molecule has 1 amide bonds. The Balaban J connectivity index is 1.31. The maximum Gasteiger partial charge on any atom is 0.275 e. The van der Waals surface area contributed by atoms with Crippen molar-refractivity contribution in [3.8, 4) is 21.8 Å². The molecule has 0 spiro atoms. The molecule has 0 aliphatic heterocycles. The number of benzene rings is 1. The summed E-state index contributed by atoms with van der Waals surface area (Å²) in [5, 5.41) is 21.0. The number of nitrogens with two attached hydrogens (primary N) is 1. The molecule has 0 atom stereocenters. The summed E-state index contributed by atoms with van der Waals surface area (Å²) in [6.07, 6.45) is 4.57. The molecule has 30 heavy (non-hydrogen) atoms. The van der Waals surface area contributed by atoms with Crippen LogP contribution in [0, 0.1) is 0 Å². The van der Waals surface area contributed by atoms with Gasteiger partial charge < -0.3 is 10.4 Å². The lowest BCUT2D eigenvalue weighted by molar-refractivity contribution is 0.0957. The highest BCUT2D eigenvalue weighted by atomic mass is 32.1. The number of carbonyl (C=O) groups excluding carboxylic acids is 1. The summed E-state index contributed by atoms with van der Waals surface area (Å²) in [6, 6.07) is 10.8. The molecular weight excluding hydrogens is 398 g/mol. The van der Waals surface area contributed by atoms with Gasteiger partial charge in [0, 0.05) is 30.1 Å². The first-order valence-corrected chi connectivity index (χ1v) is 11.2. The van der Waals surface area contributed by atoms with Gasteiger partial charge in [-0.15, -0.1) is 11.3 Å². The zero-order chi connectivity index (χ0) is 20.7. The van der Waals surface area contributed by atoms with Crippen LogP contribution in [0.4, 0.5) is 0 Å². The summed E-state index contributed by atoms with van der Waals surface area (Å²) in [7, 11) is 0. The molecule has 8 heteroatoms. The van der Waals surface area contributed by atoms with Gasteiger partial charge in [-0.25, -0.2) is 5.84 Å². The number of nitrogens with zero attached hydrogens (tertiary/aromatic N) is 1. The highest BCUT2D eigenvalue weighted by molar-refractivity contribution is 7.17. The number of amides is 1. The second-order valence-corrected chi connectivity index (χ2v) is 9.20. The van der Waals surface area contributed by atoms with Crippen molar-refractivity contribution < 1.29 is 9.90 Å². The summed E-state index contributed by atoms with van der Waals surface area (Å²) in [4.78, 5) is 13.3. The Morgan fingerprint density at radius 3 is 2.87 bits per heavy atom. The van der Waals surface area contributed by atoms with Gasteiger partial charge in [0.05, 0.1) is 27.2 Å². The van der Waals surface area contributed by atoms with Crippen LogP contribution in [0.15, 0.2) is 30.3 Å². The fraction of sp³-hybridized carbons (Fsp3) is 0.364. The Morgan fingerprint density at radius 2 is 2.07 bits per heavy atom. The first-order chi connectivity index (χ1) is 14.6. The van der Waals surface area contributed by atoms with Gasteiger partial charge in [0.1, 0.15) is 0 Å². The molecule has 0 unspecified atom stereocenters. The lowest BCUT2D eigenvalue weighted by Gasteiger charge is -2.26. The van der Waals surface area contributed by atoms with Crippen LogP contribution < -0.4 is 16.6 Å². The molecule has 0 bridgehead atoms. The molecule has 5 rings (SSSR count). The van der Waals surface area contributed by atoms with Crippen molar-refractivity contribution in [1.29, 1.82) is 0 Å². The van der Waals surface area contributed by atoms with Crippen molar-refractivity contribution in [2.75, 3.05) is 0 Å². The number of hydrogen-bond donors (Lipinski definition) is 5. The van der Waals surface area contributed by atoms with Gasteiger partial charge >= 0.3 is 0 Å². The van der Waals surface area contributed by atoms with Crippen LogP contribution >= 0.6 is 11.3 Å². The van der Waals surface area contributed by atoms with E-state index in [0.29, 0.717) is 10.9 Å². The quantitative estimate of drug-likeness (QED) is 0.192. The number of aliphatic hydroxyl groups excluding tert-OH is 1. The molecule has 2 heterocycles. The lowest BCUT2D eigenvalue weighted by Crippen LogP contribution is -2.34. The first-order valence-electron chi connectivity index (χ1n) is 10.3. The Hall–Kier alpha value is -2.52. The molecule has 2 aromatic heterocycles. The minimum atomic E-state index is -0.282. The Bertz CT molecular complexity index is 1080. The maximum absolute atomic E-state index is 11.8. The van der Waals surface area contributed by atoms with Crippen molar-refractivity contribution in [1.82, 2.24) is 20.9 Å². The number of rotatable bonds is 5. The van der Waals surface area contributed by atoms with Crippen molar-refractivity contribution in [2.45, 2.75) is 50.8 Å². The summed E-state index contributed by atoms with van der Waals surface area (Å²) in [5.41, 5.74) is 9.07. The van der Waals surface area contributed by atoms with Crippen LogP contribution in [0.1, 0.15) is 52.0 Å². The maximum atomic E-state index is 11.8. The zero-order valence-corrected chi connectivity index (χ0v) is 17.4. The van der Waals surface area contributed by atoms with E-state index >= 15 is 0 Å². The van der Waals surface area contributed by atoms with Gasteiger partial charge in [0.15, 0.2) is 0 Å². The number of fused-ring (bicyclic) bond motifs is 3. The second kappa shape index (κ2) is 7.96. The molecule has 1 fully saturated rings. The third kappa shape index (κ3) is 3.56. The number of nitrogen functional groups attached to an aromatic ring is 1. The van der Waals surface area contributed by atoms with Crippen LogP contribution in [0.25, 0.3) is 21.8 Å². The predicted octanol–water partition coefficient (Wildman–Crippen LogP) is 2.71. The molecule has 1 saturated carbocycles. The average molecular weight is 424 g/mol. The Labute approximate surface area is 178 Å². The second-order valence-electron chi connectivity index (χ2n) is 8.12. The number of hydrogen-bond acceptors (Lipinski definition) is 6. The van der Waals surface area contributed by atoms with Crippen LogP contribution in [-0.2, 0) is 13.0 Å². The van der Waals surface area contributed by atoms with E-state index in [1.165, 1.54) is 33.6 Å². The molecule has 1 aromatic carbocycles. The topological polar surface area (TPSA) is 116 Å². The third-order valence-corrected chi connectivity index (χ3v) is 7.26. The van der Waals surface area contributed by atoms with Crippen LogP contribution in [0.3, 0.4) is 0 Å². The van der Waals surface area contributed by atoms with Crippen LogP contribution in [0.5, 0.6) is 0 Å². The van der Waals surface area contributed by atoms with Crippen molar-refractivity contribution >= 4 is 17.2 Å². The summed E-state index contributed by atoms with van der Waals surface area (Å²) in [5.74, 6) is 4.96. The fourth-order valence-corrected chi connectivity index (χ4v) is 5.43. The zero-order valence-electron chi connectivity index (χ0n) is 16.6. The van der Waals surface area contributed by atoms with Gasteiger partial charge in [0.25, 0.3) is 5.91 Å². The lowest BCUT2D eigenvalue weighted by atomic mass is 9.93. The van der Waals surface area contributed by atoms with Crippen molar-refractivity contribution in [2.24, 2.45) is 5.84 Å². The summed E-state index contributed by atoms with van der Waals surface area (Å²) >= 11 is 1.40. The predicted molar refractivity (Wildman–Crippen MR) is 117 cm³/mol. The smallest absolute Gasteiger partial charge is 0.275 e. The summed E-state index contributed by atoms with van der Waals surface area (Å²) < 4.78 is 0. The third-order valence-electron chi connectivity index (χ3n) is 6.16. The molecule has 0 radical (unpaired) electrons. The average Bonchev–Trinajstić information content (AvgIpc) is 3.47. The summed E-state index contributed by atoms with van der Waals surface area (Å²) in [6.45, 7) is 0.840. The number of aliphatic hydroxyl groups is 1. The van der Waals surface area contributed by atoms with Gasteiger partial charge in [0.2, 0.25) is 0 Å². The Morgan fingerprint density at radius 1 is 1.23 bits per heavy atom. The van der Waals surface area contributed by atoms with Crippen molar-refractivity contribution in [3.05, 3.63) is 51.9 Å². The highest BCUT2D eigenvalue weighted by Crippen LogP contribution is 2.41. The molecule has 2 aliphatic carbocycles. The molecule has 2 aliphatic rings. The number of hydrazine groups is 1. The normalized spacial score (nSPS) is 20.1. The Kier molecular flexibility index (Phi) is 5.16. The standard InChI is InChI=1S/C22H25N5O2S/c23-25-22(29)19-8-7-18(30-19)21-17-10-13-9-12(1-6-16(13)20(17)26-27-21)11-24-14-2-4-15(28)5-3-14/h1,6-9,14-15,24,28H,2-5,10-11,23H2,(H,25,29)(H,26,27). The van der Waals surface area contributed by atoms with Gasteiger partial charge in [-0.3, -0.25) is 15.3 Å². The number of aromatic amines is 1. The van der Waals surface area contributed by atoms with E-state index in [-0.39, 0.29) is 12.0 Å². The van der Waals surface area contributed by atoms with Crippen LogP contribution in [0.2, 0.25) is 0 Å². The molecule has 156 valence electrons. The van der Waals surface area contributed by atoms with Crippen molar-refractivity contribution in [3.63, 3.8) is 0 Å². The van der Waals surface area contributed by atoms with E-state index in [1.807, 2.05) is 6.07 Å². The highest BCUT2D eigenvalue weighted by Gasteiger charge is 2.26. The van der Waals surface area contributed by atoms with E-state index in [2.05, 4.69) is 39.1 Å². The van der Waals surface area contributed by atoms with Crippen LogP contribution in [-0.4, -0.2) is 33.4 Å². The molecular formula is C22H25N5O2S. The minimum Gasteiger partial charge on any atom is -0.393 e. The van der Waals surface area contributed by atoms with Gasteiger partial charge in [-0.2, -0.15) is 5.10 Å². The first kappa shape index (κ1) is 19.4. The monoisotopic (exact) mass is 423 g/mol. The molecule has 3 aromatic rings. The number of nitrogens with one attached hydrogen (secondary N) is 3. The molecule has 0 saturated heterocycles. The SMILES string of the molecule is NNC(=O)c1ccc(-c2[nH]nc3c2Cc2cc(CNC4CCC(O)CC4)ccc2-3)s1. The van der Waals surface area contributed by atoms with E-state index in [4.69, 9.17) is 5.84 Å². The number of thiophene rings is 1. The van der Waals surface area contributed by atoms with E-state index in [0.717, 1.165) is 54.9 Å². The van der Waals surface area contributed by atoms with E-state index in [1.54, 1.807) is 6.07 Å². The van der Waals surface area contributed by atoms with Gasteiger partial charge in [-0.1, -0.05) is 18.2 Å². The number of aromatic nitrogens is 2. The fourth-order valence-electron chi connectivity index (χ4n) is 4.50. The molecule has 7 nitrogen and oxygen atoms in total.